The Hall–Kier alpha value is -1.37. The lowest BCUT2D eigenvalue weighted by molar-refractivity contribution is 0.292. The van der Waals surface area contributed by atoms with E-state index in [1.807, 2.05) is 24.3 Å². The first-order chi connectivity index (χ1) is 11.3. The number of hydrogen-bond acceptors (Lipinski definition) is 5. The smallest absolute Gasteiger partial charge is 0.211 e. The van der Waals surface area contributed by atoms with Gasteiger partial charge in [0.05, 0.1) is 0 Å². The van der Waals surface area contributed by atoms with E-state index in [-0.39, 0.29) is 12.4 Å². The predicted octanol–water partition coefficient (Wildman–Crippen LogP) is 4.14. The van der Waals surface area contributed by atoms with Gasteiger partial charge in [-0.2, -0.15) is 0 Å². The van der Waals surface area contributed by atoms with Gasteiger partial charge < -0.3 is 9.88 Å². The minimum atomic E-state index is 0. The Morgan fingerprint density at radius 1 is 1.04 bits per heavy atom. The van der Waals surface area contributed by atoms with E-state index in [2.05, 4.69) is 38.9 Å². The second-order valence-corrected chi connectivity index (χ2v) is 6.71. The van der Waals surface area contributed by atoms with E-state index in [9.17, 15) is 0 Å². The van der Waals surface area contributed by atoms with Crippen LogP contribution in [0.2, 0.25) is 0 Å². The largest absolute Gasteiger partial charge is 0.338 e. The molecule has 0 radical (unpaired) electrons. The molecule has 0 saturated heterocycles. The van der Waals surface area contributed by atoms with Crippen molar-refractivity contribution in [2.75, 3.05) is 25.4 Å². The highest BCUT2D eigenvalue weighted by molar-refractivity contribution is 7.99. The standard InChI is InChI=1S/C17H23N5S.ClH/c1-3-9-22(10-4-2)11-12-23-17-19-16-15(20-21-17)13-7-5-6-8-14(13)18-16;/h5-8H,3-4,9-12H2,1-2H3,(H,18,19,21);1H. The topological polar surface area (TPSA) is 57.7 Å². The summed E-state index contributed by atoms with van der Waals surface area (Å²) in [5, 5.41) is 10.5. The van der Waals surface area contributed by atoms with Crippen molar-refractivity contribution in [1.29, 1.82) is 0 Å². The molecule has 24 heavy (non-hydrogen) atoms. The molecule has 0 unspecified atom stereocenters. The number of para-hydroxylation sites is 1. The molecular weight excluding hydrogens is 342 g/mol. The second kappa shape index (κ2) is 9.20. The van der Waals surface area contributed by atoms with Crippen LogP contribution in [0, 0.1) is 0 Å². The van der Waals surface area contributed by atoms with Gasteiger partial charge in [0.25, 0.3) is 0 Å². The van der Waals surface area contributed by atoms with Gasteiger partial charge in [-0.25, -0.2) is 4.98 Å². The van der Waals surface area contributed by atoms with E-state index in [4.69, 9.17) is 0 Å². The van der Waals surface area contributed by atoms with Crippen molar-refractivity contribution in [3.05, 3.63) is 24.3 Å². The minimum Gasteiger partial charge on any atom is -0.338 e. The van der Waals surface area contributed by atoms with Crippen molar-refractivity contribution in [1.82, 2.24) is 25.1 Å². The number of nitrogens with zero attached hydrogens (tertiary/aromatic N) is 4. The Balaban J connectivity index is 0.00000208. The third kappa shape index (κ3) is 4.37. The molecule has 0 aliphatic rings. The van der Waals surface area contributed by atoms with Crippen LogP contribution >= 0.6 is 24.2 Å². The molecule has 0 fully saturated rings. The molecule has 0 bridgehead atoms. The summed E-state index contributed by atoms with van der Waals surface area (Å²) in [7, 11) is 0. The SMILES string of the molecule is CCCN(CCC)CCSc1nnc2c(n1)[nH]c1ccccc12.Cl. The number of halogens is 1. The summed E-state index contributed by atoms with van der Waals surface area (Å²) in [6.45, 7) is 7.85. The number of nitrogens with one attached hydrogen (secondary N) is 1. The highest BCUT2D eigenvalue weighted by Gasteiger charge is 2.09. The summed E-state index contributed by atoms with van der Waals surface area (Å²) < 4.78 is 0. The maximum atomic E-state index is 4.62. The van der Waals surface area contributed by atoms with E-state index in [1.54, 1.807) is 11.8 Å². The third-order valence-corrected chi connectivity index (χ3v) is 4.64. The van der Waals surface area contributed by atoms with E-state index < -0.39 is 0 Å². The molecule has 2 aromatic heterocycles. The normalized spacial score (nSPS) is 11.3. The molecule has 5 nitrogen and oxygen atoms in total. The van der Waals surface area contributed by atoms with Gasteiger partial charge in [0, 0.05) is 23.2 Å². The number of hydrogen-bond donors (Lipinski definition) is 1. The zero-order chi connectivity index (χ0) is 16.1. The number of rotatable bonds is 8. The van der Waals surface area contributed by atoms with Gasteiger partial charge in [-0.15, -0.1) is 22.6 Å². The predicted molar refractivity (Wildman–Crippen MR) is 104 cm³/mol. The average Bonchev–Trinajstić information content (AvgIpc) is 2.93. The molecule has 0 aliphatic carbocycles. The van der Waals surface area contributed by atoms with E-state index in [0.29, 0.717) is 0 Å². The molecule has 0 spiro atoms. The highest BCUT2D eigenvalue weighted by Crippen LogP contribution is 2.23. The first-order valence-electron chi connectivity index (χ1n) is 8.28. The molecule has 0 atom stereocenters. The summed E-state index contributed by atoms with van der Waals surface area (Å²) in [6.07, 6.45) is 2.40. The Morgan fingerprint density at radius 2 is 1.79 bits per heavy atom. The van der Waals surface area contributed by atoms with Crippen molar-refractivity contribution in [3.63, 3.8) is 0 Å². The molecule has 3 rings (SSSR count). The van der Waals surface area contributed by atoms with Crippen molar-refractivity contribution >= 4 is 46.2 Å². The molecule has 1 N–H and O–H groups in total. The number of aromatic amines is 1. The van der Waals surface area contributed by atoms with Crippen LogP contribution in [0.25, 0.3) is 22.1 Å². The van der Waals surface area contributed by atoms with Crippen LogP contribution in [-0.2, 0) is 0 Å². The van der Waals surface area contributed by atoms with Gasteiger partial charge >= 0.3 is 0 Å². The first-order valence-corrected chi connectivity index (χ1v) is 9.26. The fourth-order valence-electron chi connectivity index (χ4n) is 2.80. The van der Waals surface area contributed by atoms with Crippen LogP contribution in [0.3, 0.4) is 0 Å². The lowest BCUT2D eigenvalue weighted by Crippen LogP contribution is -2.27. The van der Waals surface area contributed by atoms with Crippen molar-refractivity contribution < 1.29 is 0 Å². The number of aromatic nitrogens is 4. The molecule has 3 aromatic rings. The summed E-state index contributed by atoms with van der Waals surface area (Å²) in [6, 6.07) is 8.11. The number of fused-ring (bicyclic) bond motifs is 3. The fraction of sp³-hybridized carbons (Fsp3) is 0.471. The van der Waals surface area contributed by atoms with Gasteiger partial charge in [0.2, 0.25) is 5.16 Å². The Kier molecular flexibility index (Phi) is 7.27. The second-order valence-electron chi connectivity index (χ2n) is 5.65. The Morgan fingerprint density at radius 3 is 2.54 bits per heavy atom. The van der Waals surface area contributed by atoms with Crippen molar-refractivity contribution in [3.8, 4) is 0 Å². The van der Waals surface area contributed by atoms with Crippen molar-refractivity contribution in [2.45, 2.75) is 31.8 Å². The molecular formula is C17H24ClN5S. The maximum Gasteiger partial charge on any atom is 0.211 e. The molecule has 130 valence electrons. The van der Waals surface area contributed by atoms with E-state index >= 15 is 0 Å². The van der Waals surface area contributed by atoms with Gasteiger partial charge in [-0.3, -0.25) is 0 Å². The van der Waals surface area contributed by atoms with Crippen molar-refractivity contribution in [2.24, 2.45) is 0 Å². The summed E-state index contributed by atoms with van der Waals surface area (Å²) in [5.41, 5.74) is 2.73. The zero-order valence-corrected chi connectivity index (χ0v) is 15.8. The Bertz CT molecular complexity index is 770. The molecule has 0 aliphatic heterocycles. The summed E-state index contributed by atoms with van der Waals surface area (Å²) in [5.74, 6) is 0.993. The van der Waals surface area contributed by atoms with E-state index in [0.717, 1.165) is 52.6 Å². The number of benzene rings is 1. The van der Waals surface area contributed by atoms with Gasteiger partial charge in [0.15, 0.2) is 5.65 Å². The zero-order valence-electron chi connectivity index (χ0n) is 14.2. The average molecular weight is 366 g/mol. The molecule has 2 heterocycles. The van der Waals surface area contributed by atoms with Gasteiger partial charge in [0.1, 0.15) is 5.52 Å². The third-order valence-electron chi connectivity index (χ3n) is 3.82. The Labute approximate surface area is 153 Å². The molecule has 7 heteroatoms. The number of thioether (sulfide) groups is 1. The quantitative estimate of drug-likeness (QED) is 0.608. The monoisotopic (exact) mass is 365 g/mol. The van der Waals surface area contributed by atoms with Crippen LogP contribution in [0.15, 0.2) is 29.4 Å². The lowest BCUT2D eigenvalue weighted by Gasteiger charge is -2.20. The maximum absolute atomic E-state index is 4.62. The fourth-order valence-corrected chi connectivity index (χ4v) is 3.59. The van der Waals surface area contributed by atoms with E-state index in [1.165, 1.54) is 12.8 Å². The molecule has 0 saturated carbocycles. The van der Waals surface area contributed by atoms with Crippen LogP contribution < -0.4 is 0 Å². The van der Waals surface area contributed by atoms with Crippen LogP contribution in [-0.4, -0.2) is 50.5 Å². The summed E-state index contributed by atoms with van der Waals surface area (Å²) >= 11 is 1.68. The van der Waals surface area contributed by atoms with Crippen LogP contribution in [0.1, 0.15) is 26.7 Å². The lowest BCUT2D eigenvalue weighted by atomic mass is 10.2. The highest BCUT2D eigenvalue weighted by atomic mass is 35.5. The van der Waals surface area contributed by atoms with Gasteiger partial charge in [-0.05, 0) is 32.0 Å². The van der Waals surface area contributed by atoms with Crippen LogP contribution in [0.5, 0.6) is 0 Å². The number of H-pyrrole nitrogens is 1. The van der Waals surface area contributed by atoms with Crippen LogP contribution in [0.4, 0.5) is 0 Å². The molecule has 0 amide bonds. The minimum absolute atomic E-state index is 0. The first kappa shape index (κ1) is 19.0. The van der Waals surface area contributed by atoms with Gasteiger partial charge in [-0.1, -0.05) is 43.8 Å². The summed E-state index contributed by atoms with van der Waals surface area (Å²) in [4.78, 5) is 10.4. The molecule has 1 aromatic carbocycles.